The molecule has 1 fully saturated rings. The van der Waals surface area contributed by atoms with Gasteiger partial charge in [-0.1, -0.05) is 6.42 Å². The minimum absolute atomic E-state index is 0.236. The fourth-order valence-electron chi connectivity index (χ4n) is 2.64. The molecule has 18 heavy (non-hydrogen) atoms. The summed E-state index contributed by atoms with van der Waals surface area (Å²) < 4.78 is 0. The second-order valence-corrected chi connectivity index (χ2v) is 5.04. The van der Waals surface area contributed by atoms with E-state index in [4.69, 9.17) is 0 Å². The summed E-state index contributed by atoms with van der Waals surface area (Å²) in [5, 5.41) is 1.11. The van der Waals surface area contributed by atoms with Crippen LogP contribution < -0.4 is 0 Å². The number of hydrogen-bond acceptors (Lipinski definition) is 2. The average Bonchev–Trinajstić information content (AvgIpc) is 2.87. The third kappa shape index (κ3) is 2.31. The topological polar surface area (TPSA) is 36.1 Å². The Balaban J connectivity index is 1.74. The lowest BCUT2D eigenvalue weighted by Gasteiger charge is -2.25. The number of carbonyl (C=O) groups excluding carboxylic acids is 1. The molecule has 1 aliphatic heterocycles. The zero-order valence-corrected chi connectivity index (χ0v) is 10.5. The maximum Gasteiger partial charge on any atom is 0.176 e. The van der Waals surface area contributed by atoms with Crippen LogP contribution in [0, 0.1) is 0 Å². The standard InChI is InChI=1S/C15H18N2O/c18-15(11-17-8-2-1-3-9-17)13-4-5-14-12(10-13)6-7-16-14/h4-7,10,16H,1-3,8-9,11H2. The highest BCUT2D eigenvalue weighted by Crippen LogP contribution is 2.16. The lowest BCUT2D eigenvalue weighted by atomic mass is 10.1. The van der Waals surface area contributed by atoms with Crippen molar-refractivity contribution in [1.82, 2.24) is 9.88 Å². The van der Waals surface area contributed by atoms with Gasteiger partial charge in [-0.15, -0.1) is 0 Å². The Morgan fingerprint density at radius 2 is 2.00 bits per heavy atom. The van der Waals surface area contributed by atoms with Crippen LogP contribution in [0.3, 0.4) is 0 Å². The van der Waals surface area contributed by atoms with Crippen molar-refractivity contribution in [2.45, 2.75) is 19.3 Å². The number of aromatic amines is 1. The van der Waals surface area contributed by atoms with Gasteiger partial charge in [0.25, 0.3) is 0 Å². The maximum absolute atomic E-state index is 12.2. The third-order valence-electron chi connectivity index (χ3n) is 3.69. The maximum atomic E-state index is 12.2. The van der Waals surface area contributed by atoms with Crippen LogP contribution in [-0.2, 0) is 0 Å². The number of rotatable bonds is 3. The van der Waals surface area contributed by atoms with Gasteiger partial charge in [0, 0.05) is 22.7 Å². The normalized spacial score (nSPS) is 17.1. The van der Waals surface area contributed by atoms with Crippen LogP contribution in [0.15, 0.2) is 30.5 Å². The molecule has 0 amide bonds. The molecule has 2 heterocycles. The lowest BCUT2D eigenvalue weighted by molar-refractivity contribution is 0.0916. The number of hydrogen-bond donors (Lipinski definition) is 1. The number of fused-ring (bicyclic) bond motifs is 1. The Kier molecular flexibility index (Phi) is 3.15. The van der Waals surface area contributed by atoms with Crippen molar-refractivity contribution >= 4 is 16.7 Å². The Morgan fingerprint density at radius 3 is 2.83 bits per heavy atom. The predicted octanol–water partition coefficient (Wildman–Crippen LogP) is 2.84. The van der Waals surface area contributed by atoms with Crippen molar-refractivity contribution in [2.24, 2.45) is 0 Å². The summed E-state index contributed by atoms with van der Waals surface area (Å²) in [6.07, 6.45) is 5.66. The second-order valence-electron chi connectivity index (χ2n) is 5.04. The molecule has 0 unspecified atom stereocenters. The first-order chi connectivity index (χ1) is 8.83. The highest BCUT2D eigenvalue weighted by Gasteiger charge is 2.15. The largest absolute Gasteiger partial charge is 0.361 e. The number of aromatic nitrogens is 1. The molecule has 0 aliphatic carbocycles. The molecule has 0 spiro atoms. The molecule has 2 aromatic rings. The fraction of sp³-hybridized carbons (Fsp3) is 0.400. The quantitative estimate of drug-likeness (QED) is 0.840. The summed E-state index contributed by atoms with van der Waals surface area (Å²) in [7, 11) is 0. The molecule has 94 valence electrons. The number of ketones is 1. The minimum atomic E-state index is 0.236. The van der Waals surface area contributed by atoms with E-state index in [0.717, 1.165) is 29.6 Å². The zero-order chi connectivity index (χ0) is 12.4. The lowest BCUT2D eigenvalue weighted by Crippen LogP contribution is -2.34. The number of benzene rings is 1. The number of likely N-dealkylation sites (tertiary alicyclic amines) is 1. The summed E-state index contributed by atoms with van der Waals surface area (Å²) in [5.74, 6) is 0.236. The summed E-state index contributed by atoms with van der Waals surface area (Å²) >= 11 is 0. The predicted molar refractivity (Wildman–Crippen MR) is 72.9 cm³/mol. The van der Waals surface area contributed by atoms with Crippen LogP contribution >= 0.6 is 0 Å². The number of piperidine rings is 1. The highest BCUT2D eigenvalue weighted by atomic mass is 16.1. The number of nitrogens with zero attached hydrogens (tertiary/aromatic N) is 1. The van der Waals surface area contributed by atoms with Crippen LogP contribution in [-0.4, -0.2) is 35.3 Å². The second kappa shape index (κ2) is 4.94. The number of nitrogens with one attached hydrogen (secondary N) is 1. The van der Waals surface area contributed by atoms with Crippen molar-refractivity contribution in [1.29, 1.82) is 0 Å². The molecule has 3 nitrogen and oxygen atoms in total. The molecular weight excluding hydrogens is 224 g/mol. The molecule has 1 aromatic heterocycles. The Morgan fingerprint density at radius 1 is 1.17 bits per heavy atom. The highest BCUT2D eigenvalue weighted by molar-refractivity contribution is 6.00. The molecule has 3 rings (SSSR count). The van der Waals surface area contributed by atoms with Crippen molar-refractivity contribution in [3.05, 3.63) is 36.0 Å². The van der Waals surface area contributed by atoms with E-state index in [2.05, 4.69) is 9.88 Å². The van der Waals surface area contributed by atoms with Gasteiger partial charge in [-0.25, -0.2) is 0 Å². The van der Waals surface area contributed by atoms with Gasteiger partial charge in [0.15, 0.2) is 5.78 Å². The fourth-order valence-corrected chi connectivity index (χ4v) is 2.64. The average molecular weight is 242 g/mol. The summed E-state index contributed by atoms with van der Waals surface area (Å²) in [4.78, 5) is 17.6. The minimum Gasteiger partial charge on any atom is -0.361 e. The Bertz CT molecular complexity index is 552. The molecule has 1 saturated heterocycles. The van der Waals surface area contributed by atoms with Gasteiger partial charge in [-0.2, -0.15) is 0 Å². The third-order valence-corrected chi connectivity index (χ3v) is 3.69. The number of H-pyrrole nitrogens is 1. The monoisotopic (exact) mass is 242 g/mol. The van der Waals surface area contributed by atoms with Gasteiger partial charge in [0.2, 0.25) is 0 Å². The van der Waals surface area contributed by atoms with E-state index in [1.165, 1.54) is 19.3 Å². The van der Waals surface area contributed by atoms with E-state index in [0.29, 0.717) is 6.54 Å². The first-order valence-corrected chi connectivity index (χ1v) is 6.66. The zero-order valence-electron chi connectivity index (χ0n) is 10.5. The smallest absolute Gasteiger partial charge is 0.176 e. The number of Topliss-reactive ketones (excluding diaryl/α,β-unsaturated/α-hetero) is 1. The van der Waals surface area contributed by atoms with E-state index in [1.54, 1.807) is 0 Å². The molecule has 0 atom stereocenters. The van der Waals surface area contributed by atoms with Crippen LogP contribution in [0.1, 0.15) is 29.6 Å². The summed E-state index contributed by atoms with van der Waals surface area (Å²) in [5.41, 5.74) is 1.91. The van der Waals surface area contributed by atoms with Gasteiger partial charge >= 0.3 is 0 Å². The van der Waals surface area contributed by atoms with Gasteiger partial charge in [-0.05, 0) is 50.2 Å². The molecule has 0 saturated carbocycles. The van der Waals surface area contributed by atoms with Crippen molar-refractivity contribution in [3.63, 3.8) is 0 Å². The van der Waals surface area contributed by atoms with Crippen LogP contribution in [0.4, 0.5) is 0 Å². The molecule has 0 radical (unpaired) electrons. The molecule has 1 aromatic carbocycles. The SMILES string of the molecule is O=C(CN1CCCCC1)c1ccc2[nH]ccc2c1. The van der Waals surface area contributed by atoms with Gasteiger partial charge < -0.3 is 4.98 Å². The molecule has 3 heteroatoms. The van der Waals surface area contributed by atoms with Crippen LogP contribution in [0.25, 0.3) is 10.9 Å². The van der Waals surface area contributed by atoms with Crippen LogP contribution in [0.2, 0.25) is 0 Å². The summed E-state index contributed by atoms with van der Waals surface area (Å²) in [6, 6.07) is 7.90. The first-order valence-electron chi connectivity index (χ1n) is 6.66. The Hall–Kier alpha value is -1.61. The van der Waals surface area contributed by atoms with Crippen molar-refractivity contribution in [2.75, 3.05) is 19.6 Å². The van der Waals surface area contributed by atoms with Crippen molar-refractivity contribution in [3.8, 4) is 0 Å². The molecule has 1 N–H and O–H groups in total. The number of carbonyl (C=O) groups is 1. The molecular formula is C15H18N2O. The van der Waals surface area contributed by atoms with E-state index >= 15 is 0 Å². The van der Waals surface area contributed by atoms with E-state index in [9.17, 15) is 4.79 Å². The van der Waals surface area contributed by atoms with Gasteiger partial charge in [0.05, 0.1) is 6.54 Å². The Labute approximate surface area is 107 Å². The van der Waals surface area contributed by atoms with Gasteiger partial charge in [0.1, 0.15) is 0 Å². The van der Waals surface area contributed by atoms with E-state index in [-0.39, 0.29) is 5.78 Å². The summed E-state index contributed by atoms with van der Waals surface area (Å²) in [6.45, 7) is 2.70. The van der Waals surface area contributed by atoms with Crippen LogP contribution in [0.5, 0.6) is 0 Å². The van der Waals surface area contributed by atoms with E-state index in [1.807, 2.05) is 30.5 Å². The molecule has 0 bridgehead atoms. The first kappa shape index (κ1) is 11.5. The van der Waals surface area contributed by atoms with Gasteiger partial charge in [-0.3, -0.25) is 9.69 Å². The van der Waals surface area contributed by atoms with E-state index < -0.39 is 0 Å². The van der Waals surface area contributed by atoms with Crippen molar-refractivity contribution < 1.29 is 4.79 Å². The molecule has 1 aliphatic rings.